The van der Waals surface area contributed by atoms with Crippen LogP contribution in [0.2, 0.25) is 0 Å². The number of rotatable bonds is 3. The lowest BCUT2D eigenvalue weighted by Crippen LogP contribution is -2.39. The van der Waals surface area contributed by atoms with Crippen LogP contribution in [0, 0.1) is 11.8 Å². The Balaban J connectivity index is 1.93. The largest absolute Gasteiger partial charge is 0.366 e. The van der Waals surface area contributed by atoms with E-state index in [9.17, 15) is 8.42 Å². The van der Waals surface area contributed by atoms with E-state index in [0.717, 1.165) is 19.5 Å². The Bertz CT molecular complexity index is 511. The number of aromatic amines is 1. The van der Waals surface area contributed by atoms with Crippen LogP contribution in [0.1, 0.15) is 13.3 Å². The quantitative estimate of drug-likeness (QED) is 0.846. The first-order chi connectivity index (χ1) is 8.64. The molecule has 3 heterocycles. The second kappa shape index (κ2) is 4.36. The van der Waals surface area contributed by atoms with Crippen LogP contribution in [-0.2, 0) is 10.0 Å². The summed E-state index contributed by atoms with van der Waals surface area (Å²) in [5.74, 6) is 0.951. The van der Waals surface area contributed by atoms with Gasteiger partial charge < -0.3 is 10.3 Å². The third-order valence-electron chi connectivity index (χ3n) is 4.26. The van der Waals surface area contributed by atoms with E-state index in [-0.39, 0.29) is 6.04 Å². The van der Waals surface area contributed by atoms with Crippen LogP contribution in [0.5, 0.6) is 0 Å². The minimum absolute atomic E-state index is 0.143. The highest BCUT2D eigenvalue weighted by molar-refractivity contribution is 7.89. The minimum atomic E-state index is -3.32. The molecule has 0 spiro atoms. The lowest BCUT2D eigenvalue weighted by molar-refractivity contribution is 0.329. The van der Waals surface area contributed by atoms with Gasteiger partial charge in [0.2, 0.25) is 10.0 Å². The highest BCUT2D eigenvalue weighted by Gasteiger charge is 2.48. The fraction of sp³-hybridized carbons (Fsp3) is 0.667. The van der Waals surface area contributed by atoms with Crippen LogP contribution in [-0.4, -0.2) is 43.4 Å². The third-order valence-corrected chi connectivity index (χ3v) is 6.15. The lowest BCUT2D eigenvalue weighted by atomic mass is 9.93. The van der Waals surface area contributed by atoms with Gasteiger partial charge in [-0.05, 0) is 37.4 Å². The van der Waals surface area contributed by atoms with Gasteiger partial charge in [-0.15, -0.1) is 0 Å². The van der Waals surface area contributed by atoms with Crippen LogP contribution in [0.15, 0.2) is 23.4 Å². The first-order valence-corrected chi connectivity index (χ1v) is 7.94. The summed E-state index contributed by atoms with van der Waals surface area (Å²) < 4.78 is 26.9. The molecule has 0 radical (unpaired) electrons. The van der Waals surface area contributed by atoms with Gasteiger partial charge >= 0.3 is 0 Å². The molecule has 2 fully saturated rings. The van der Waals surface area contributed by atoms with Crippen LogP contribution >= 0.6 is 0 Å². The van der Waals surface area contributed by atoms with Crippen molar-refractivity contribution in [2.24, 2.45) is 11.8 Å². The summed E-state index contributed by atoms with van der Waals surface area (Å²) in [4.78, 5) is 3.21. The normalized spacial score (nSPS) is 32.8. The molecule has 2 aliphatic heterocycles. The van der Waals surface area contributed by atoms with Crippen molar-refractivity contribution < 1.29 is 8.42 Å². The van der Waals surface area contributed by atoms with E-state index in [2.05, 4.69) is 17.2 Å². The summed E-state index contributed by atoms with van der Waals surface area (Å²) in [6.45, 7) is 4.62. The molecule has 100 valence electrons. The van der Waals surface area contributed by atoms with Crippen molar-refractivity contribution in [3.05, 3.63) is 18.5 Å². The molecule has 3 unspecified atom stereocenters. The van der Waals surface area contributed by atoms with Crippen molar-refractivity contribution in [2.75, 3.05) is 19.6 Å². The molecule has 2 saturated heterocycles. The van der Waals surface area contributed by atoms with Crippen LogP contribution < -0.4 is 5.32 Å². The third kappa shape index (κ3) is 1.71. The second-order valence-electron chi connectivity index (χ2n) is 5.18. The standard InChI is InChI=1S/C12H19N3O2S/c1-2-12-11-7-14-5-9(11)8-15(12)18(16,17)10-3-4-13-6-10/h3-4,6,9,11-14H,2,5,7-8H2,1H3. The van der Waals surface area contributed by atoms with Gasteiger partial charge in [-0.3, -0.25) is 0 Å². The fourth-order valence-corrected chi connectivity index (χ4v) is 5.15. The Morgan fingerprint density at radius 1 is 1.44 bits per heavy atom. The average molecular weight is 269 g/mol. The molecular weight excluding hydrogens is 250 g/mol. The van der Waals surface area contributed by atoms with E-state index < -0.39 is 10.0 Å². The van der Waals surface area contributed by atoms with Gasteiger partial charge in [0.15, 0.2) is 0 Å². The van der Waals surface area contributed by atoms with Crippen LogP contribution in [0.3, 0.4) is 0 Å². The van der Waals surface area contributed by atoms with E-state index in [1.54, 1.807) is 22.8 Å². The second-order valence-corrected chi connectivity index (χ2v) is 7.07. The zero-order valence-corrected chi connectivity index (χ0v) is 11.3. The summed E-state index contributed by atoms with van der Waals surface area (Å²) in [7, 11) is -3.32. The van der Waals surface area contributed by atoms with E-state index in [1.807, 2.05) is 0 Å². The Kier molecular flexibility index (Phi) is 2.96. The topological polar surface area (TPSA) is 65.2 Å². The fourth-order valence-electron chi connectivity index (χ4n) is 3.37. The van der Waals surface area contributed by atoms with E-state index in [4.69, 9.17) is 0 Å². The Morgan fingerprint density at radius 2 is 2.28 bits per heavy atom. The van der Waals surface area contributed by atoms with Crippen LogP contribution in [0.4, 0.5) is 0 Å². The predicted octanol–water partition coefficient (Wildman–Crippen LogP) is 0.633. The van der Waals surface area contributed by atoms with Crippen molar-refractivity contribution in [3.63, 3.8) is 0 Å². The zero-order valence-electron chi connectivity index (χ0n) is 10.5. The molecule has 2 aliphatic rings. The molecule has 3 atom stereocenters. The number of nitrogens with zero attached hydrogens (tertiary/aromatic N) is 1. The molecule has 3 rings (SSSR count). The first kappa shape index (κ1) is 12.2. The summed E-state index contributed by atoms with van der Waals surface area (Å²) in [6, 6.07) is 1.78. The van der Waals surface area contributed by atoms with E-state index >= 15 is 0 Å². The summed E-state index contributed by atoms with van der Waals surface area (Å²) in [5, 5.41) is 3.37. The van der Waals surface area contributed by atoms with Crippen molar-refractivity contribution in [3.8, 4) is 0 Å². The number of sulfonamides is 1. The molecule has 18 heavy (non-hydrogen) atoms. The summed E-state index contributed by atoms with van der Waals surface area (Å²) >= 11 is 0. The molecule has 0 aliphatic carbocycles. The Morgan fingerprint density at radius 3 is 2.94 bits per heavy atom. The van der Waals surface area contributed by atoms with Gasteiger partial charge in [0.1, 0.15) is 0 Å². The molecule has 1 aromatic heterocycles. The maximum Gasteiger partial charge on any atom is 0.244 e. The van der Waals surface area contributed by atoms with Crippen molar-refractivity contribution in [2.45, 2.75) is 24.3 Å². The van der Waals surface area contributed by atoms with Crippen LogP contribution in [0.25, 0.3) is 0 Å². The van der Waals surface area contributed by atoms with Gasteiger partial charge in [0.05, 0.1) is 4.90 Å². The predicted molar refractivity (Wildman–Crippen MR) is 68.6 cm³/mol. The highest BCUT2D eigenvalue weighted by atomic mass is 32.2. The molecular formula is C12H19N3O2S. The minimum Gasteiger partial charge on any atom is -0.366 e. The number of H-pyrrole nitrogens is 1. The van der Waals surface area contributed by atoms with Crippen molar-refractivity contribution in [1.82, 2.24) is 14.6 Å². The van der Waals surface area contributed by atoms with E-state index in [0.29, 0.717) is 23.3 Å². The zero-order chi connectivity index (χ0) is 12.8. The number of aromatic nitrogens is 1. The van der Waals surface area contributed by atoms with Gasteiger partial charge in [-0.1, -0.05) is 6.92 Å². The van der Waals surface area contributed by atoms with Crippen molar-refractivity contribution >= 4 is 10.0 Å². The van der Waals surface area contributed by atoms with Gasteiger partial charge in [-0.25, -0.2) is 8.42 Å². The first-order valence-electron chi connectivity index (χ1n) is 6.50. The molecule has 0 amide bonds. The maximum atomic E-state index is 12.6. The van der Waals surface area contributed by atoms with Gasteiger partial charge in [0.25, 0.3) is 0 Å². The van der Waals surface area contributed by atoms with Crippen molar-refractivity contribution in [1.29, 1.82) is 0 Å². The molecule has 5 nitrogen and oxygen atoms in total. The van der Waals surface area contributed by atoms with Gasteiger partial charge in [0, 0.05) is 25.0 Å². The van der Waals surface area contributed by atoms with E-state index in [1.165, 1.54) is 0 Å². The monoisotopic (exact) mass is 269 g/mol. The molecule has 0 bridgehead atoms. The molecule has 6 heteroatoms. The highest BCUT2D eigenvalue weighted by Crippen LogP contribution is 2.37. The SMILES string of the molecule is CCC1C2CNCC2CN1S(=O)(=O)c1cc[nH]c1. The van der Waals surface area contributed by atoms with Gasteiger partial charge in [-0.2, -0.15) is 4.31 Å². The maximum absolute atomic E-state index is 12.6. The Hall–Kier alpha value is -0.850. The molecule has 1 aromatic rings. The number of hydrogen-bond donors (Lipinski definition) is 2. The summed E-state index contributed by atoms with van der Waals surface area (Å²) in [5.41, 5.74) is 0. The molecule has 2 N–H and O–H groups in total. The molecule has 0 aromatic carbocycles. The lowest BCUT2D eigenvalue weighted by Gasteiger charge is -2.25. The Labute approximate surface area is 108 Å². The number of fused-ring (bicyclic) bond motifs is 1. The summed E-state index contributed by atoms with van der Waals surface area (Å²) in [6.07, 6.45) is 4.10. The number of hydrogen-bond acceptors (Lipinski definition) is 3. The molecule has 0 saturated carbocycles. The smallest absolute Gasteiger partial charge is 0.244 e. The average Bonchev–Trinajstić information content (AvgIpc) is 3.05. The number of nitrogens with one attached hydrogen (secondary N) is 2.